The van der Waals surface area contributed by atoms with E-state index in [1.54, 1.807) is 20.8 Å². The Morgan fingerprint density at radius 3 is 2.63 bits per heavy atom. The summed E-state index contributed by atoms with van der Waals surface area (Å²) < 4.78 is 6.52. The van der Waals surface area contributed by atoms with Gasteiger partial charge >= 0.3 is 5.97 Å². The molecule has 0 spiro atoms. The van der Waals surface area contributed by atoms with Crippen LogP contribution in [0.3, 0.4) is 0 Å². The maximum atomic E-state index is 11.6. The minimum absolute atomic E-state index is 0.0210. The summed E-state index contributed by atoms with van der Waals surface area (Å²) in [6, 6.07) is 0. The number of carbonyl (C=O) groups is 2. The number of aromatic nitrogens is 4. The van der Waals surface area contributed by atoms with Crippen LogP contribution in [0.1, 0.15) is 33.0 Å². The highest BCUT2D eigenvalue weighted by molar-refractivity contribution is 5.79. The van der Waals surface area contributed by atoms with Crippen LogP contribution in [0.5, 0.6) is 0 Å². The second-order valence-electron chi connectivity index (χ2n) is 5.08. The van der Waals surface area contributed by atoms with Crippen LogP contribution in [0.2, 0.25) is 0 Å². The monoisotopic (exact) mass is 269 g/mol. The number of ether oxygens (including phenoxy) is 1. The van der Waals surface area contributed by atoms with Crippen molar-refractivity contribution in [3.63, 3.8) is 0 Å². The molecule has 0 atom stereocenters. The average Bonchev–Trinajstić information content (AvgIpc) is 2.71. The fraction of sp³-hybridized carbons (Fsp3) is 0.727. The fourth-order valence-corrected chi connectivity index (χ4v) is 1.36. The van der Waals surface area contributed by atoms with Crippen molar-refractivity contribution >= 4 is 11.8 Å². The van der Waals surface area contributed by atoms with Gasteiger partial charge in [-0.1, -0.05) is 0 Å². The highest BCUT2D eigenvalue weighted by Crippen LogP contribution is 2.09. The Balaban J connectivity index is 2.52. The summed E-state index contributed by atoms with van der Waals surface area (Å²) in [6.07, 6.45) is 0.480. The molecule has 0 bridgehead atoms. The number of hydrogen-bond donors (Lipinski definition) is 1. The first-order valence-corrected chi connectivity index (χ1v) is 6.00. The van der Waals surface area contributed by atoms with E-state index in [0.29, 0.717) is 12.2 Å². The Kier molecular flexibility index (Phi) is 5.11. The molecule has 2 N–H and O–H groups in total. The van der Waals surface area contributed by atoms with E-state index >= 15 is 0 Å². The lowest BCUT2D eigenvalue weighted by molar-refractivity contribution is -0.154. The molecule has 0 unspecified atom stereocenters. The first-order chi connectivity index (χ1) is 8.81. The second kappa shape index (κ2) is 6.37. The van der Waals surface area contributed by atoms with Crippen LogP contribution < -0.4 is 5.73 Å². The molecular weight excluding hydrogens is 250 g/mol. The van der Waals surface area contributed by atoms with Crippen molar-refractivity contribution < 1.29 is 14.3 Å². The van der Waals surface area contributed by atoms with Crippen molar-refractivity contribution in [2.75, 3.05) is 6.54 Å². The molecule has 0 fully saturated rings. The number of Topliss-reactive ketones (excluding diaryl/α,β-unsaturated/α-hetero) is 1. The van der Waals surface area contributed by atoms with Crippen molar-refractivity contribution in [2.24, 2.45) is 5.73 Å². The zero-order valence-electron chi connectivity index (χ0n) is 11.4. The van der Waals surface area contributed by atoms with Crippen LogP contribution in [0.4, 0.5) is 0 Å². The molecule has 1 aromatic rings. The summed E-state index contributed by atoms with van der Waals surface area (Å²) in [5.74, 6) is -0.0364. The van der Waals surface area contributed by atoms with E-state index in [2.05, 4.69) is 15.5 Å². The molecule has 106 valence electrons. The predicted octanol–water partition coefficient (Wildman–Crippen LogP) is -0.525. The second-order valence-corrected chi connectivity index (χ2v) is 5.08. The third-order valence-corrected chi connectivity index (χ3v) is 2.13. The normalized spacial score (nSPS) is 11.4. The number of rotatable bonds is 6. The lowest BCUT2D eigenvalue weighted by Crippen LogP contribution is -2.25. The van der Waals surface area contributed by atoms with E-state index in [1.807, 2.05) is 0 Å². The molecule has 1 rings (SSSR count). The van der Waals surface area contributed by atoms with Crippen LogP contribution in [0.25, 0.3) is 0 Å². The average molecular weight is 269 g/mol. The standard InChI is InChI=1S/C11H19N5O3/c1-11(2,3)19-10(18)5-4-9-13-14-15-16(9)7-8(17)6-12/h4-7,12H2,1-3H3. The number of nitrogens with zero attached hydrogens (tertiary/aromatic N) is 4. The quantitative estimate of drug-likeness (QED) is 0.691. The number of ketones is 1. The molecule has 1 heterocycles. The van der Waals surface area contributed by atoms with Gasteiger partial charge in [0.25, 0.3) is 0 Å². The molecule has 0 radical (unpaired) electrons. The minimum atomic E-state index is -0.515. The molecule has 1 aromatic heterocycles. The van der Waals surface area contributed by atoms with Crippen molar-refractivity contribution in [3.05, 3.63) is 5.82 Å². The largest absolute Gasteiger partial charge is 0.460 e. The van der Waals surface area contributed by atoms with Gasteiger partial charge in [-0.3, -0.25) is 9.59 Å². The fourth-order valence-electron chi connectivity index (χ4n) is 1.36. The van der Waals surface area contributed by atoms with E-state index in [4.69, 9.17) is 10.5 Å². The number of nitrogens with two attached hydrogens (primary N) is 1. The van der Waals surface area contributed by atoms with Crippen molar-refractivity contribution in [1.29, 1.82) is 0 Å². The van der Waals surface area contributed by atoms with Crippen molar-refractivity contribution in [3.8, 4) is 0 Å². The van der Waals surface area contributed by atoms with E-state index < -0.39 is 5.60 Å². The number of aryl methyl sites for hydroxylation is 1. The third kappa shape index (κ3) is 5.56. The van der Waals surface area contributed by atoms with Crippen LogP contribution in [-0.2, 0) is 27.3 Å². The molecule has 8 heteroatoms. The zero-order valence-corrected chi connectivity index (χ0v) is 11.4. The first-order valence-electron chi connectivity index (χ1n) is 6.00. The number of tetrazole rings is 1. The summed E-state index contributed by atoms with van der Waals surface area (Å²) in [5.41, 5.74) is 4.71. The van der Waals surface area contributed by atoms with Gasteiger partial charge in [-0.15, -0.1) is 5.10 Å². The highest BCUT2D eigenvalue weighted by atomic mass is 16.6. The zero-order chi connectivity index (χ0) is 14.5. The molecule has 0 aliphatic heterocycles. The number of carbonyl (C=O) groups excluding carboxylic acids is 2. The van der Waals surface area contributed by atoms with Crippen LogP contribution in [0.15, 0.2) is 0 Å². The summed E-state index contributed by atoms with van der Waals surface area (Å²) in [7, 11) is 0. The molecular formula is C11H19N5O3. The molecule has 0 saturated carbocycles. The van der Waals surface area contributed by atoms with E-state index in [0.717, 1.165) is 0 Å². The Labute approximate surface area is 111 Å². The maximum absolute atomic E-state index is 11.6. The van der Waals surface area contributed by atoms with Gasteiger partial charge in [0.05, 0.1) is 13.0 Å². The van der Waals surface area contributed by atoms with E-state index in [-0.39, 0.29) is 31.3 Å². The Bertz CT molecular complexity index is 449. The van der Waals surface area contributed by atoms with Crippen LogP contribution in [-0.4, -0.2) is 44.1 Å². The smallest absolute Gasteiger partial charge is 0.306 e. The first kappa shape index (κ1) is 15.2. The molecule has 19 heavy (non-hydrogen) atoms. The summed E-state index contributed by atoms with van der Waals surface area (Å²) in [4.78, 5) is 22.8. The number of hydrogen-bond acceptors (Lipinski definition) is 7. The van der Waals surface area contributed by atoms with Gasteiger partial charge in [0.2, 0.25) is 0 Å². The highest BCUT2D eigenvalue weighted by Gasteiger charge is 2.17. The Morgan fingerprint density at radius 2 is 2.05 bits per heavy atom. The third-order valence-electron chi connectivity index (χ3n) is 2.13. The van der Waals surface area contributed by atoms with Crippen molar-refractivity contribution in [2.45, 2.75) is 45.8 Å². The van der Waals surface area contributed by atoms with Gasteiger partial charge in [0.1, 0.15) is 12.1 Å². The van der Waals surface area contributed by atoms with Gasteiger partial charge in [-0.25, -0.2) is 4.68 Å². The summed E-state index contributed by atoms with van der Waals surface area (Å²) in [6.45, 7) is 5.36. The Morgan fingerprint density at radius 1 is 1.37 bits per heavy atom. The van der Waals surface area contributed by atoms with Crippen LogP contribution >= 0.6 is 0 Å². The van der Waals surface area contributed by atoms with Gasteiger partial charge in [-0.2, -0.15) is 0 Å². The van der Waals surface area contributed by atoms with Gasteiger partial charge < -0.3 is 10.5 Å². The van der Waals surface area contributed by atoms with Crippen LogP contribution in [0, 0.1) is 0 Å². The Hall–Kier alpha value is -1.83. The van der Waals surface area contributed by atoms with Gasteiger partial charge in [0, 0.05) is 6.42 Å². The SMILES string of the molecule is CC(C)(C)OC(=O)CCc1nnnn1CC(=O)CN. The lowest BCUT2D eigenvalue weighted by Gasteiger charge is -2.19. The maximum Gasteiger partial charge on any atom is 0.306 e. The summed E-state index contributed by atoms with van der Waals surface area (Å²) in [5, 5.41) is 10.9. The van der Waals surface area contributed by atoms with Gasteiger partial charge in [-0.05, 0) is 31.2 Å². The molecule has 0 amide bonds. The molecule has 0 aliphatic carbocycles. The molecule has 0 saturated heterocycles. The predicted molar refractivity (Wildman–Crippen MR) is 66.0 cm³/mol. The van der Waals surface area contributed by atoms with E-state index in [1.165, 1.54) is 4.68 Å². The molecule has 0 aliphatic rings. The lowest BCUT2D eigenvalue weighted by atomic mass is 10.2. The summed E-state index contributed by atoms with van der Waals surface area (Å²) >= 11 is 0. The number of esters is 1. The molecule has 0 aromatic carbocycles. The molecule has 8 nitrogen and oxygen atoms in total. The van der Waals surface area contributed by atoms with Crippen molar-refractivity contribution in [1.82, 2.24) is 20.2 Å². The van der Waals surface area contributed by atoms with Gasteiger partial charge in [0.15, 0.2) is 11.6 Å². The topological polar surface area (TPSA) is 113 Å². The van der Waals surface area contributed by atoms with E-state index in [9.17, 15) is 9.59 Å². The minimum Gasteiger partial charge on any atom is -0.460 e.